The standard InChI is InChI=1S/C16H14F2N4O2/c1-22-13-6-5-9(7-12(13)20-21-22)16(24)19-8-14(23)15-10(17)3-2-4-11(15)18/h2-7,14,23H,8H2,1H3,(H,19,24). The predicted octanol–water partition coefficient (Wildman–Crippen LogP) is 1.71. The zero-order chi connectivity index (χ0) is 17.3. The molecular weight excluding hydrogens is 318 g/mol. The molecule has 0 saturated heterocycles. The number of aliphatic hydroxyl groups is 1. The van der Waals surface area contributed by atoms with Gasteiger partial charge in [-0.05, 0) is 30.3 Å². The quantitative estimate of drug-likeness (QED) is 0.762. The number of halogens is 2. The van der Waals surface area contributed by atoms with Gasteiger partial charge in [-0.15, -0.1) is 5.10 Å². The van der Waals surface area contributed by atoms with Crippen molar-refractivity contribution in [3.05, 3.63) is 59.2 Å². The fourth-order valence-electron chi connectivity index (χ4n) is 2.40. The molecule has 0 aliphatic heterocycles. The number of carbonyl (C=O) groups is 1. The predicted molar refractivity (Wildman–Crippen MR) is 82.2 cm³/mol. The Balaban J connectivity index is 1.72. The third kappa shape index (κ3) is 2.95. The van der Waals surface area contributed by atoms with Crippen LogP contribution in [-0.4, -0.2) is 32.6 Å². The van der Waals surface area contributed by atoms with E-state index in [0.717, 1.165) is 17.6 Å². The average molecular weight is 332 g/mol. The molecule has 0 aliphatic carbocycles. The second-order valence-electron chi connectivity index (χ2n) is 5.28. The molecule has 124 valence electrons. The molecule has 1 heterocycles. The van der Waals surface area contributed by atoms with Gasteiger partial charge in [0.25, 0.3) is 5.91 Å². The highest BCUT2D eigenvalue weighted by molar-refractivity contribution is 5.97. The lowest BCUT2D eigenvalue weighted by Crippen LogP contribution is -2.29. The Hall–Kier alpha value is -2.87. The highest BCUT2D eigenvalue weighted by Gasteiger charge is 2.19. The lowest BCUT2D eigenvalue weighted by molar-refractivity contribution is 0.0911. The first kappa shape index (κ1) is 16.0. The maximum Gasteiger partial charge on any atom is 0.251 e. The fourth-order valence-corrected chi connectivity index (χ4v) is 2.40. The number of aliphatic hydroxyl groups excluding tert-OH is 1. The summed E-state index contributed by atoms with van der Waals surface area (Å²) in [5.74, 6) is -2.21. The molecule has 0 spiro atoms. The Morgan fingerprint density at radius 1 is 1.29 bits per heavy atom. The van der Waals surface area contributed by atoms with Crippen molar-refractivity contribution in [2.45, 2.75) is 6.10 Å². The van der Waals surface area contributed by atoms with Crippen LogP contribution in [0, 0.1) is 11.6 Å². The van der Waals surface area contributed by atoms with Crippen LogP contribution in [0.5, 0.6) is 0 Å². The SMILES string of the molecule is Cn1nnc2cc(C(=O)NCC(O)c3c(F)cccc3F)ccc21. The van der Waals surface area contributed by atoms with Crippen LogP contribution in [0.2, 0.25) is 0 Å². The molecule has 1 aromatic heterocycles. The highest BCUT2D eigenvalue weighted by Crippen LogP contribution is 2.20. The molecule has 0 fully saturated rings. The summed E-state index contributed by atoms with van der Waals surface area (Å²) in [6.07, 6.45) is -1.49. The van der Waals surface area contributed by atoms with E-state index in [1.807, 2.05) is 0 Å². The molecule has 2 N–H and O–H groups in total. The van der Waals surface area contributed by atoms with E-state index >= 15 is 0 Å². The molecule has 3 rings (SSSR count). The summed E-state index contributed by atoms with van der Waals surface area (Å²) in [4.78, 5) is 12.1. The van der Waals surface area contributed by atoms with Crippen molar-refractivity contribution in [2.75, 3.05) is 6.54 Å². The van der Waals surface area contributed by atoms with Crippen LogP contribution < -0.4 is 5.32 Å². The lowest BCUT2D eigenvalue weighted by Gasteiger charge is -2.14. The molecule has 3 aromatic rings. The van der Waals surface area contributed by atoms with Gasteiger partial charge in [0.1, 0.15) is 23.3 Å². The minimum absolute atomic E-state index is 0.309. The van der Waals surface area contributed by atoms with Gasteiger partial charge in [-0.3, -0.25) is 4.79 Å². The van der Waals surface area contributed by atoms with E-state index in [1.165, 1.54) is 6.07 Å². The van der Waals surface area contributed by atoms with Crippen molar-refractivity contribution in [2.24, 2.45) is 7.05 Å². The topological polar surface area (TPSA) is 80.0 Å². The van der Waals surface area contributed by atoms with Crippen LogP contribution in [0.4, 0.5) is 8.78 Å². The Kier molecular flexibility index (Phi) is 4.22. The van der Waals surface area contributed by atoms with E-state index < -0.39 is 29.2 Å². The van der Waals surface area contributed by atoms with Gasteiger partial charge in [-0.25, -0.2) is 13.5 Å². The lowest BCUT2D eigenvalue weighted by atomic mass is 10.1. The Morgan fingerprint density at radius 3 is 2.71 bits per heavy atom. The molecule has 0 bridgehead atoms. The number of rotatable bonds is 4. The van der Waals surface area contributed by atoms with Crippen molar-refractivity contribution in [3.63, 3.8) is 0 Å². The van der Waals surface area contributed by atoms with Crippen LogP contribution in [0.25, 0.3) is 11.0 Å². The molecule has 8 heteroatoms. The first-order chi connectivity index (χ1) is 11.5. The van der Waals surface area contributed by atoms with Gasteiger partial charge in [0.05, 0.1) is 11.1 Å². The van der Waals surface area contributed by atoms with Crippen molar-refractivity contribution in [1.29, 1.82) is 0 Å². The first-order valence-corrected chi connectivity index (χ1v) is 7.17. The molecule has 0 radical (unpaired) electrons. The van der Waals surface area contributed by atoms with E-state index in [1.54, 1.807) is 29.9 Å². The number of hydrogen-bond donors (Lipinski definition) is 2. The van der Waals surface area contributed by atoms with Crippen molar-refractivity contribution < 1.29 is 18.7 Å². The van der Waals surface area contributed by atoms with Gasteiger partial charge in [0.15, 0.2) is 0 Å². The van der Waals surface area contributed by atoms with Crippen LogP contribution in [0.1, 0.15) is 22.0 Å². The number of nitrogens with zero attached hydrogens (tertiary/aromatic N) is 3. The van der Waals surface area contributed by atoms with E-state index in [2.05, 4.69) is 15.6 Å². The second-order valence-corrected chi connectivity index (χ2v) is 5.28. The van der Waals surface area contributed by atoms with Crippen molar-refractivity contribution >= 4 is 16.9 Å². The number of fused-ring (bicyclic) bond motifs is 1. The van der Waals surface area contributed by atoms with Gasteiger partial charge < -0.3 is 10.4 Å². The normalized spacial score (nSPS) is 12.3. The zero-order valence-corrected chi connectivity index (χ0v) is 12.7. The number of amides is 1. The van der Waals surface area contributed by atoms with Crippen LogP contribution in [0.15, 0.2) is 36.4 Å². The van der Waals surface area contributed by atoms with E-state index in [9.17, 15) is 18.7 Å². The number of benzene rings is 2. The fraction of sp³-hybridized carbons (Fsp3) is 0.188. The van der Waals surface area contributed by atoms with Crippen LogP contribution in [-0.2, 0) is 7.05 Å². The zero-order valence-electron chi connectivity index (χ0n) is 12.7. The largest absolute Gasteiger partial charge is 0.386 e. The summed E-state index contributed by atoms with van der Waals surface area (Å²) < 4.78 is 28.8. The summed E-state index contributed by atoms with van der Waals surface area (Å²) >= 11 is 0. The molecule has 2 aromatic carbocycles. The summed E-state index contributed by atoms with van der Waals surface area (Å²) in [5.41, 5.74) is 1.15. The second kappa shape index (κ2) is 6.32. The third-order valence-corrected chi connectivity index (χ3v) is 3.66. The monoisotopic (exact) mass is 332 g/mol. The minimum Gasteiger partial charge on any atom is -0.386 e. The summed E-state index contributed by atoms with van der Waals surface area (Å²) in [6.45, 7) is -0.324. The molecule has 6 nitrogen and oxygen atoms in total. The third-order valence-electron chi connectivity index (χ3n) is 3.66. The van der Waals surface area contributed by atoms with Gasteiger partial charge in [-0.1, -0.05) is 11.3 Å². The molecule has 0 saturated carbocycles. The maximum atomic E-state index is 13.6. The molecule has 0 aliphatic rings. The summed E-state index contributed by atoms with van der Waals surface area (Å²) in [5, 5.41) is 20.1. The van der Waals surface area contributed by atoms with Crippen LogP contribution >= 0.6 is 0 Å². The molecular formula is C16H14F2N4O2. The number of hydrogen-bond acceptors (Lipinski definition) is 4. The van der Waals surface area contributed by atoms with E-state index in [0.29, 0.717) is 11.1 Å². The van der Waals surface area contributed by atoms with Gasteiger partial charge in [-0.2, -0.15) is 0 Å². The van der Waals surface area contributed by atoms with Gasteiger partial charge >= 0.3 is 0 Å². The molecule has 24 heavy (non-hydrogen) atoms. The van der Waals surface area contributed by atoms with E-state index in [-0.39, 0.29) is 6.54 Å². The Labute approximate surface area is 135 Å². The van der Waals surface area contributed by atoms with Crippen molar-refractivity contribution in [3.8, 4) is 0 Å². The van der Waals surface area contributed by atoms with Crippen LogP contribution in [0.3, 0.4) is 0 Å². The highest BCUT2D eigenvalue weighted by atomic mass is 19.1. The Morgan fingerprint density at radius 2 is 2.00 bits per heavy atom. The minimum atomic E-state index is -1.49. The average Bonchev–Trinajstić information content (AvgIpc) is 2.93. The Bertz CT molecular complexity index is 890. The number of aryl methyl sites for hydroxylation is 1. The van der Waals surface area contributed by atoms with Gasteiger partial charge in [0.2, 0.25) is 0 Å². The first-order valence-electron chi connectivity index (χ1n) is 7.17. The molecule has 1 amide bonds. The molecule has 1 unspecified atom stereocenters. The number of carbonyl (C=O) groups excluding carboxylic acids is 1. The summed E-state index contributed by atoms with van der Waals surface area (Å²) in [6, 6.07) is 8.12. The van der Waals surface area contributed by atoms with Gasteiger partial charge in [0, 0.05) is 19.2 Å². The van der Waals surface area contributed by atoms with Crippen molar-refractivity contribution in [1.82, 2.24) is 20.3 Å². The van der Waals surface area contributed by atoms with E-state index in [4.69, 9.17) is 0 Å². The molecule has 1 atom stereocenters. The number of nitrogens with one attached hydrogen (secondary N) is 1. The summed E-state index contributed by atoms with van der Waals surface area (Å²) in [7, 11) is 1.73. The maximum absolute atomic E-state index is 13.6. The number of aromatic nitrogens is 3. The smallest absolute Gasteiger partial charge is 0.251 e.